The summed E-state index contributed by atoms with van der Waals surface area (Å²) in [6, 6.07) is 10.9. The molecule has 0 aliphatic heterocycles. The zero-order chi connectivity index (χ0) is 17.5. The highest BCUT2D eigenvalue weighted by Crippen LogP contribution is 2.19. The lowest BCUT2D eigenvalue weighted by molar-refractivity contribution is 0.104. The summed E-state index contributed by atoms with van der Waals surface area (Å²) in [7, 11) is 1.61. The molecule has 0 bridgehead atoms. The molecule has 0 aliphatic rings. The number of ether oxygens (including phenoxy) is 2. The van der Waals surface area contributed by atoms with E-state index in [1.165, 1.54) is 6.07 Å². The van der Waals surface area contributed by atoms with Gasteiger partial charge in [0.25, 0.3) is 0 Å². The summed E-state index contributed by atoms with van der Waals surface area (Å²) in [5, 5.41) is 13.1. The lowest BCUT2D eigenvalue weighted by atomic mass is 10.1. The van der Waals surface area contributed by atoms with Crippen molar-refractivity contribution < 1.29 is 23.4 Å². The van der Waals surface area contributed by atoms with E-state index in [4.69, 9.17) is 9.47 Å². The van der Waals surface area contributed by atoms with Gasteiger partial charge in [-0.1, -0.05) is 12.1 Å². The summed E-state index contributed by atoms with van der Waals surface area (Å²) in [6.45, 7) is 2.24. The molecule has 6 heteroatoms. The Labute approximate surface area is 140 Å². The summed E-state index contributed by atoms with van der Waals surface area (Å²) in [4.78, 5) is 0. The van der Waals surface area contributed by atoms with Crippen molar-refractivity contribution in [1.82, 2.24) is 5.32 Å². The van der Waals surface area contributed by atoms with E-state index < -0.39 is 17.7 Å². The van der Waals surface area contributed by atoms with Gasteiger partial charge in [-0.05, 0) is 36.8 Å². The molecule has 0 aromatic heterocycles. The normalized spacial score (nSPS) is 13.4. The number of aliphatic hydroxyl groups is 1. The SMILES string of the molecule is COc1cccc(C(C)NCC(O)COc2ccc(F)c(F)c2)c1. The average molecular weight is 337 g/mol. The molecule has 0 amide bonds. The summed E-state index contributed by atoms with van der Waals surface area (Å²) < 4.78 is 36.3. The van der Waals surface area contributed by atoms with E-state index in [9.17, 15) is 13.9 Å². The minimum atomic E-state index is -0.980. The minimum Gasteiger partial charge on any atom is -0.497 e. The molecule has 2 aromatic carbocycles. The fraction of sp³-hybridized carbons (Fsp3) is 0.333. The molecule has 0 radical (unpaired) electrons. The van der Waals surface area contributed by atoms with Crippen molar-refractivity contribution in [3.63, 3.8) is 0 Å². The summed E-state index contributed by atoms with van der Waals surface area (Å²) in [6.07, 6.45) is -0.786. The Hall–Kier alpha value is -2.18. The molecule has 0 saturated heterocycles. The summed E-state index contributed by atoms with van der Waals surface area (Å²) in [5.41, 5.74) is 1.03. The van der Waals surface area contributed by atoms with Crippen LogP contribution in [-0.4, -0.2) is 31.5 Å². The second kappa shape index (κ2) is 8.61. The molecule has 2 atom stereocenters. The van der Waals surface area contributed by atoms with E-state index in [1.807, 2.05) is 31.2 Å². The van der Waals surface area contributed by atoms with Crippen LogP contribution in [0, 0.1) is 11.6 Å². The molecule has 0 aliphatic carbocycles. The monoisotopic (exact) mass is 337 g/mol. The van der Waals surface area contributed by atoms with Crippen LogP contribution >= 0.6 is 0 Å². The number of benzene rings is 2. The van der Waals surface area contributed by atoms with Gasteiger partial charge in [-0.2, -0.15) is 0 Å². The number of aliphatic hydroxyl groups excluding tert-OH is 1. The zero-order valence-corrected chi connectivity index (χ0v) is 13.6. The molecule has 0 saturated carbocycles. The van der Waals surface area contributed by atoms with Gasteiger partial charge in [0.2, 0.25) is 0 Å². The van der Waals surface area contributed by atoms with Gasteiger partial charge in [0, 0.05) is 18.7 Å². The van der Waals surface area contributed by atoms with Crippen molar-refractivity contribution in [1.29, 1.82) is 0 Å². The summed E-state index contributed by atoms with van der Waals surface area (Å²) in [5.74, 6) is -0.972. The predicted molar refractivity (Wildman–Crippen MR) is 87.3 cm³/mol. The van der Waals surface area contributed by atoms with Gasteiger partial charge in [-0.3, -0.25) is 0 Å². The number of halogens is 2. The largest absolute Gasteiger partial charge is 0.497 e. The molecule has 2 unspecified atom stereocenters. The zero-order valence-electron chi connectivity index (χ0n) is 13.6. The van der Waals surface area contributed by atoms with Gasteiger partial charge in [-0.25, -0.2) is 8.78 Å². The maximum Gasteiger partial charge on any atom is 0.162 e. The molecule has 2 N–H and O–H groups in total. The quantitative estimate of drug-likeness (QED) is 0.777. The fourth-order valence-corrected chi connectivity index (χ4v) is 2.16. The van der Waals surface area contributed by atoms with E-state index in [1.54, 1.807) is 7.11 Å². The Morgan fingerprint density at radius 1 is 1.08 bits per heavy atom. The van der Waals surface area contributed by atoms with E-state index >= 15 is 0 Å². The maximum absolute atomic E-state index is 13.1. The lowest BCUT2D eigenvalue weighted by Gasteiger charge is -2.18. The maximum atomic E-state index is 13.1. The Bertz CT molecular complexity index is 666. The third kappa shape index (κ3) is 5.18. The number of hydrogen-bond acceptors (Lipinski definition) is 4. The first kappa shape index (κ1) is 18.2. The van der Waals surface area contributed by atoms with Crippen molar-refractivity contribution >= 4 is 0 Å². The first-order chi connectivity index (χ1) is 11.5. The first-order valence-corrected chi connectivity index (χ1v) is 7.63. The number of methoxy groups -OCH3 is 1. The Morgan fingerprint density at radius 2 is 1.88 bits per heavy atom. The smallest absolute Gasteiger partial charge is 0.162 e. The molecular weight excluding hydrogens is 316 g/mol. The Kier molecular flexibility index (Phi) is 6.52. The van der Waals surface area contributed by atoms with E-state index in [0.717, 1.165) is 23.4 Å². The number of nitrogens with one attached hydrogen (secondary N) is 1. The molecule has 130 valence electrons. The third-order valence-corrected chi connectivity index (χ3v) is 3.59. The highest BCUT2D eigenvalue weighted by atomic mass is 19.2. The molecule has 0 spiro atoms. The van der Waals surface area contributed by atoms with Crippen LogP contribution in [0.15, 0.2) is 42.5 Å². The highest BCUT2D eigenvalue weighted by Gasteiger charge is 2.11. The van der Waals surface area contributed by atoms with Crippen molar-refractivity contribution in [2.75, 3.05) is 20.3 Å². The van der Waals surface area contributed by atoms with Crippen LogP contribution in [0.1, 0.15) is 18.5 Å². The van der Waals surface area contributed by atoms with Crippen LogP contribution in [0.3, 0.4) is 0 Å². The van der Waals surface area contributed by atoms with E-state index in [0.29, 0.717) is 6.54 Å². The van der Waals surface area contributed by atoms with Crippen molar-refractivity contribution in [2.24, 2.45) is 0 Å². The molecule has 2 aromatic rings. The molecular formula is C18H21F2NO3. The van der Waals surface area contributed by atoms with E-state index in [-0.39, 0.29) is 18.4 Å². The van der Waals surface area contributed by atoms with E-state index in [2.05, 4.69) is 5.32 Å². The van der Waals surface area contributed by atoms with Gasteiger partial charge in [0.05, 0.1) is 7.11 Å². The Morgan fingerprint density at radius 3 is 2.58 bits per heavy atom. The van der Waals surface area contributed by atoms with Crippen LogP contribution in [-0.2, 0) is 0 Å². The van der Waals surface area contributed by atoms with Crippen LogP contribution in [0.2, 0.25) is 0 Å². The number of rotatable bonds is 8. The summed E-state index contributed by atoms with van der Waals surface area (Å²) >= 11 is 0. The molecule has 2 rings (SSSR count). The third-order valence-electron chi connectivity index (χ3n) is 3.59. The second-order valence-corrected chi connectivity index (χ2v) is 5.45. The second-order valence-electron chi connectivity index (χ2n) is 5.45. The molecule has 4 nitrogen and oxygen atoms in total. The minimum absolute atomic E-state index is 0.0121. The van der Waals surface area contributed by atoms with Crippen LogP contribution in [0.4, 0.5) is 8.78 Å². The Balaban J connectivity index is 1.79. The van der Waals surface area contributed by atoms with Crippen LogP contribution in [0.5, 0.6) is 11.5 Å². The lowest BCUT2D eigenvalue weighted by Crippen LogP contribution is -2.33. The molecule has 0 fully saturated rings. The average Bonchev–Trinajstić information content (AvgIpc) is 2.60. The topological polar surface area (TPSA) is 50.7 Å². The highest BCUT2D eigenvalue weighted by molar-refractivity contribution is 5.30. The molecule has 24 heavy (non-hydrogen) atoms. The fourth-order valence-electron chi connectivity index (χ4n) is 2.16. The van der Waals surface area contributed by atoms with Crippen LogP contribution in [0.25, 0.3) is 0 Å². The van der Waals surface area contributed by atoms with Gasteiger partial charge >= 0.3 is 0 Å². The van der Waals surface area contributed by atoms with Gasteiger partial charge in [-0.15, -0.1) is 0 Å². The van der Waals surface area contributed by atoms with Gasteiger partial charge in [0.15, 0.2) is 11.6 Å². The van der Waals surface area contributed by atoms with Gasteiger partial charge in [0.1, 0.15) is 24.2 Å². The standard InChI is InChI=1S/C18H21F2NO3/c1-12(13-4-3-5-15(8-13)23-2)21-10-14(22)11-24-16-6-7-17(19)18(20)9-16/h3-9,12,14,21-22H,10-11H2,1-2H3. The van der Waals surface area contributed by atoms with Crippen molar-refractivity contribution in [3.05, 3.63) is 59.7 Å². The molecule has 0 heterocycles. The predicted octanol–water partition coefficient (Wildman–Crippen LogP) is 3.06. The van der Waals surface area contributed by atoms with Gasteiger partial charge < -0.3 is 19.9 Å². The van der Waals surface area contributed by atoms with Crippen molar-refractivity contribution in [2.45, 2.75) is 19.1 Å². The first-order valence-electron chi connectivity index (χ1n) is 7.63. The van der Waals surface area contributed by atoms with Crippen molar-refractivity contribution in [3.8, 4) is 11.5 Å². The van der Waals surface area contributed by atoms with Crippen LogP contribution < -0.4 is 14.8 Å². The number of hydrogen-bond donors (Lipinski definition) is 2.